The Morgan fingerprint density at radius 1 is 1.13 bits per heavy atom. The standard InChI is InChI=1S/C22H15ClN4O4/c23-18-11-17(21(28)20-16(18)7-3-9-25-20)19(13-4-1-6-15(10-13)27(30)31)26-22(29)14-5-2-8-24-12-14/h1-12,19,28H,(H,26,29)/t19-/m0/s1. The number of carbonyl (C=O) groups is 1. The summed E-state index contributed by atoms with van der Waals surface area (Å²) in [5, 5.41) is 25.9. The molecule has 31 heavy (non-hydrogen) atoms. The fourth-order valence-corrected chi connectivity index (χ4v) is 3.57. The lowest BCUT2D eigenvalue weighted by Crippen LogP contribution is -2.29. The summed E-state index contributed by atoms with van der Waals surface area (Å²) >= 11 is 6.42. The molecule has 1 amide bonds. The van der Waals surface area contributed by atoms with E-state index in [1.807, 2.05) is 0 Å². The minimum Gasteiger partial charge on any atom is -0.505 e. The number of nitrogens with one attached hydrogen (secondary N) is 1. The van der Waals surface area contributed by atoms with Crippen LogP contribution in [0.15, 0.2) is 73.2 Å². The minimum atomic E-state index is -0.934. The van der Waals surface area contributed by atoms with Gasteiger partial charge >= 0.3 is 0 Å². The van der Waals surface area contributed by atoms with E-state index in [4.69, 9.17) is 11.6 Å². The molecule has 2 N–H and O–H groups in total. The normalized spacial score (nSPS) is 11.8. The molecule has 154 valence electrons. The number of rotatable bonds is 5. The van der Waals surface area contributed by atoms with Gasteiger partial charge in [-0.1, -0.05) is 23.7 Å². The van der Waals surface area contributed by atoms with Gasteiger partial charge in [-0.25, -0.2) is 0 Å². The van der Waals surface area contributed by atoms with Gasteiger partial charge in [-0.15, -0.1) is 0 Å². The topological polar surface area (TPSA) is 118 Å². The third kappa shape index (κ3) is 4.01. The number of pyridine rings is 2. The Balaban J connectivity index is 1.88. The molecular formula is C22H15ClN4O4. The van der Waals surface area contributed by atoms with Gasteiger partial charge in [0.1, 0.15) is 11.3 Å². The van der Waals surface area contributed by atoms with Gasteiger partial charge in [0.05, 0.1) is 21.6 Å². The molecule has 4 rings (SSSR count). The highest BCUT2D eigenvalue weighted by Gasteiger charge is 2.25. The molecule has 0 saturated heterocycles. The Morgan fingerprint density at radius 3 is 2.68 bits per heavy atom. The van der Waals surface area contributed by atoms with Crippen LogP contribution >= 0.6 is 11.6 Å². The fraction of sp³-hybridized carbons (Fsp3) is 0.0455. The Kier molecular flexibility index (Phi) is 5.46. The molecule has 2 heterocycles. The second-order valence-corrected chi connectivity index (χ2v) is 7.10. The average molecular weight is 435 g/mol. The largest absolute Gasteiger partial charge is 0.505 e. The summed E-state index contributed by atoms with van der Waals surface area (Å²) in [5.41, 5.74) is 1.06. The van der Waals surface area contributed by atoms with Crippen LogP contribution in [0.4, 0.5) is 5.69 Å². The van der Waals surface area contributed by atoms with Crippen molar-refractivity contribution in [1.29, 1.82) is 0 Å². The molecule has 2 aromatic carbocycles. The van der Waals surface area contributed by atoms with Gasteiger partial charge < -0.3 is 10.4 Å². The molecule has 0 saturated carbocycles. The first kappa shape index (κ1) is 20.2. The summed E-state index contributed by atoms with van der Waals surface area (Å²) in [6.07, 6.45) is 4.45. The number of hydrogen-bond donors (Lipinski definition) is 2. The molecule has 8 nitrogen and oxygen atoms in total. The number of nitrogens with zero attached hydrogens (tertiary/aromatic N) is 3. The Labute approximate surface area is 181 Å². The lowest BCUT2D eigenvalue weighted by Gasteiger charge is -2.22. The molecule has 0 unspecified atom stereocenters. The van der Waals surface area contributed by atoms with Gasteiger partial charge in [-0.3, -0.25) is 24.9 Å². The molecule has 0 bridgehead atoms. The summed E-state index contributed by atoms with van der Waals surface area (Å²) in [6, 6.07) is 13.0. The zero-order valence-corrected chi connectivity index (χ0v) is 16.7. The number of nitro benzene ring substituents is 1. The molecule has 4 aromatic rings. The van der Waals surface area contributed by atoms with Crippen LogP contribution in [-0.4, -0.2) is 25.9 Å². The van der Waals surface area contributed by atoms with Crippen molar-refractivity contribution < 1.29 is 14.8 Å². The van der Waals surface area contributed by atoms with Crippen molar-refractivity contribution in [3.05, 3.63) is 105 Å². The molecule has 9 heteroatoms. The number of carbonyl (C=O) groups excluding carboxylic acids is 1. The Bertz CT molecular complexity index is 1300. The number of phenols is 1. The SMILES string of the molecule is O=C(N[C@@H](c1cccc([N+](=O)[O-])c1)c1cc(Cl)c2cccnc2c1O)c1cccnc1. The van der Waals surface area contributed by atoms with Crippen molar-refractivity contribution >= 4 is 34.1 Å². The molecule has 0 aliphatic rings. The van der Waals surface area contributed by atoms with Crippen molar-refractivity contribution in [3.8, 4) is 5.75 Å². The molecule has 0 aliphatic carbocycles. The van der Waals surface area contributed by atoms with E-state index in [9.17, 15) is 20.0 Å². The molecular weight excluding hydrogens is 420 g/mol. The monoisotopic (exact) mass is 434 g/mol. The van der Waals surface area contributed by atoms with E-state index in [1.165, 1.54) is 42.9 Å². The average Bonchev–Trinajstić information content (AvgIpc) is 2.80. The van der Waals surface area contributed by atoms with E-state index in [-0.39, 0.29) is 22.5 Å². The predicted molar refractivity (Wildman–Crippen MR) is 115 cm³/mol. The maximum Gasteiger partial charge on any atom is 0.269 e. The van der Waals surface area contributed by atoms with Crippen LogP contribution < -0.4 is 5.32 Å². The van der Waals surface area contributed by atoms with Crippen LogP contribution in [0.1, 0.15) is 27.5 Å². The van der Waals surface area contributed by atoms with Crippen molar-refractivity contribution in [2.75, 3.05) is 0 Å². The van der Waals surface area contributed by atoms with Crippen molar-refractivity contribution in [3.63, 3.8) is 0 Å². The third-order valence-electron chi connectivity index (χ3n) is 4.77. The highest BCUT2D eigenvalue weighted by atomic mass is 35.5. The lowest BCUT2D eigenvalue weighted by molar-refractivity contribution is -0.384. The van der Waals surface area contributed by atoms with Gasteiger partial charge in [0.2, 0.25) is 0 Å². The Hall–Kier alpha value is -4.04. The second kappa shape index (κ2) is 8.37. The van der Waals surface area contributed by atoms with Gasteiger partial charge in [-0.2, -0.15) is 0 Å². The fourth-order valence-electron chi connectivity index (χ4n) is 3.30. The molecule has 0 aliphatic heterocycles. The first-order valence-electron chi connectivity index (χ1n) is 9.17. The first-order chi connectivity index (χ1) is 15.0. The highest BCUT2D eigenvalue weighted by Crippen LogP contribution is 2.39. The summed E-state index contributed by atoms with van der Waals surface area (Å²) in [6.45, 7) is 0. The van der Waals surface area contributed by atoms with E-state index in [0.717, 1.165) is 0 Å². The summed E-state index contributed by atoms with van der Waals surface area (Å²) in [5.74, 6) is -0.649. The second-order valence-electron chi connectivity index (χ2n) is 6.70. The van der Waals surface area contributed by atoms with Gasteiger partial charge in [-0.05, 0) is 35.9 Å². The van der Waals surface area contributed by atoms with Crippen molar-refractivity contribution in [2.24, 2.45) is 0 Å². The van der Waals surface area contributed by atoms with Crippen LogP contribution in [-0.2, 0) is 0 Å². The zero-order chi connectivity index (χ0) is 22.0. The number of amides is 1. The summed E-state index contributed by atoms with van der Waals surface area (Å²) in [4.78, 5) is 31.8. The maximum atomic E-state index is 12.9. The van der Waals surface area contributed by atoms with Gasteiger partial charge in [0.25, 0.3) is 11.6 Å². The van der Waals surface area contributed by atoms with E-state index >= 15 is 0 Å². The highest BCUT2D eigenvalue weighted by molar-refractivity contribution is 6.35. The number of non-ortho nitro benzene ring substituents is 1. The number of aromatic hydroxyl groups is 1. The lowest BCUT2D eigenvalue weighted by atomic mass is 9.95. The van der Waals surface area contributed by atoms with Crippen LogP contribution in [0.25, 0.3) is 10.9 Å². The Morgan fingerprint density at radius 2 is 1.94 bits per heavy atom. The molecule has 0 fully saturated rings. The predicted octanol–water partition coefficient (Wildman–Crippen LogP) is 4.42. The minimum absolute atomic E-state index is 0.150. The van der Waals surface area contributed by atoms with Crippen LogP contribution in [0.2, 0.25) is 5.02 Å². The smallest absolute Gasteiger partial charge is 0.269 e. The van der Waals surface area contributed by atoms with Gasteiger partial charge in [0.15, 0.2) is 0 Å². The molecule has 0 spiro atoms. The number of phenolic OH excluding ortho intramolecular Hbond substituents is 1. The quantitative estimate of drug-likeness (QED) is 0.354. The van der Waals surface area contributed by atoms with E-state index in [0.29, 0.717) is 21.5 Å². The summed E-state index contributed by atoms with van der Waals surface area (Å²) < 4.78 is 0. The number of benzene rings is 2. The van der Waals surface area contributed by atoms with Crippen LogP contribution in [0.3, 0.4) is 0 Å². The molecule has 2 aromatic heterocycles. The zero-order valence-electron chi connectivity index (χ0n) is 15.9. The number of hydrogen-bond acceptors (Lipinski definition) is 6. The van der Waals surface area contributed by atoms with Crippen molar-refractivity contribution in [2.45, 2.75) is 6.04 Å². The van der Waals surface area contributed by atoms with Crippen LogP contribution in [0, 0.1) is 10.1 Å². The van der Waals surface area contributed by atoms with E-state index < -0.39 is 16.9 Å². The maximum absolute atomic E-state index is 12.9. The summed E-state index contributed by atoms with van der Waals surface area (Å²) in [7, 11) is 0. The van der Waals surface area contributed by atoms with Crippen LogP contribution in [0.5, 0.6) is 5.75 Å². The van der Waals surface area contributed by atoms with Crippen molar-refractivity contribution in [1.82, 2.24) is 15.3 Å². The van der Waals surface area contributed by atoms with E-state index in [1.54, 1.807) is 30.3 Å². The van der Waals surface area contributed by atoms with E-state index in [2.05, 4.69) is 15.3 Å². The first-order valence-corrected chi connectivity index (χ1v) is 9.55. The number of halogens is 1. The number of nitro groups is 1. The number of fused-ring (bicyclic) bond motifs is 1. The molecule has 0 radical (unpaired) electrons. The molecule has 1 atom stereocenters. The van der Waals surface area contributed by atoms with Gasteiger partial charge in [0, 0.05) is 41.7 Å². The third-order valence-corrected chi connectivity index (χ3v) is 5.08. The number of aromatic nitrogens is 2.